The molecule has 4 nitrogen and oxygen atoms in total. The van der Waals surface area contributed by atoms with E-state index in [4.69, 9.17) is 10.5 Å². The highest BCUT2D eigenvalue weighted by atomic mass is 16.5. The van der Waals surface area contributed by atoms with Crippen molar-refractivity contribution < 1.29 is 4.74 Å². The zero-order valence-corrected chi connectivity index (χ0v) is 11.0. The Hall–Kier alpha value is -1.81. The van der Waals surface area contributed by atoms with Crippen LogP contribution in [-0.4, -0.2) is 17.1 Å². The van der Waals surface area contributed by atoms with E-state index in [2.05, 4.69) is 23.8 Å². The Bertz CT molecular complexity index is 514. The Balaban J connectivity index is 2.41. The third-order valence-corrected chi connectivity index (χ3v) is 2.91. The van der Waals surface area contributed by atoms with Crippen LogP contribution in [0.5, 0.6) is 5.75 Å². The van der Waals surface area contributed by atoms with E-state index in [0.717, 1.165) is 28.5 Å². The normalized spacial score (nSPS) is 10.9. The molecule has 0 saturated carbocycles. The number of methoxy groups -OCH3 is 1. The van der Waals surface area contributed by atoms with Gasteiger partial charge in [0.2, 0.25) is 0 Å². The lowest BCUT2D eigenvalue weighted by atomic mass is 10.1. The molecular formula is C14H19N3O. The van der Waals surface area contributed by atoms with E-state index in [0.29, 0.717) is 12.5 Å². The van der Waals surface area contributed by atoms with Crippen molar-refractivity contribution in [2.45, 2.75) is 26.3 Å². The van der Waals surface area contributed by atoms with E-state index in [1.165, 1.54) is 0 Å². The van der Waals surface area contributed by atoms with Gasteiger partial charge >= 0.3 is 0 Å². The summed E-state index contributed by atoms with van der Waals surface area (Å²) in [4.78, 5) is 7.92. The molecule has 96 valence electrons. The number of ether oxygens (including phenoxy) is 1. The molecule has 2 rings (SSSR count). The number of nitrogens with zero attached hydrogens (tertiary/aromatic N) is 1. The Labute approximate surface area is 107 Å². The maximum atomic E-state index is 5.76. The van der Waals surface area contributed by atoms with Crippen LogP contribution in [0.4, 0.5) is 0 Å². The van der Waals surface area contributed by atoms with Crippen molar-refractivity contribution in [3.63, 3.8) is 0 Å². The van der Waals surface area contributed by atoms with Crippen molar-refractivity contribution in [3.8, 4) is 17.0 Å². The first kappa shape index (κ1) is 12.6. The van der Waals surface area contributed by atoms with Crippen LogP contribution in [0.15, 0.2) is 24.3 Å². The van der Waals surface area contributed by atoms with Gasteiger partial charge in [0.05, 0.1) is 18.5 Å². The lowest BCUT2D eigenvalue weighted by Gasteiger charge is -2.02. The first-order valence-electron chi connectivity index (χ1n) is 6.09. The standard InChI is InChI=1S/C14H19N3O/c1-9(2)14-16-12(8-15)13(17-14)10-4-6-11(18-3)7-5-10/h4-7,9H,8,15H2,1-3H3,(H,16,17). The number of nitrogens with one attached hydrogen (secondary N) is 1. The van der Waals surface area contributed by atoms with Crippen LogP contribution in [0.3, 0.4) is 0 Å². The molecule has 4 heteroatoms. The average Bonchev–Trinajstić information content (AvgIpc) is 2.83. The molecule has 0 spiro atoms. The molecule has 0 atom stereocenters. The quantitative estimate of drug-likeness (QED) is 0.870. The first-order chi connectivity index (χ1) is 8.65. The van der Waals surface area contributed by atoms with Gasteiger partial charge in [0.15, 0.2) is 0 Å². The largest absolute Gasteiger partial charge is 0.497 e. The highest BCUT2D eigenvalue weighted by Crippen LogP contribution is 2.25. The van der Waals surface area contributed by atoms with Crippen molar-refractivity contribution >= 4 is 0 Å². The zero-order valence-electron chi connectivity index (χ0n) is 11.0. The van der Waals surface area contributed by atoms with Gasteiger partial charge in [-0.15, -0.1) is 0 Å². The van der Waals surface area contributed by atoms with Gasteiger partial charge in [0, 0.05) is 18.0 Å². The summed E-state index contributed by atoms with van der Waals surface area (Å²) in [5.41, 5.74) is 8.73. The summed E-state index contributed by atoms with van der Waals surface area (Å²) in [6.45, 7) is 4.68. The second kappa shape index (κ2) is 5.23. The third kappa shape index (κ3) is 2.38. The van der Waals surface area contributed by atoms with Crippen LogP contribution in [-0.2, 0) is 6.54 Å². The number of rotatable bonds is 4. The summed E-state index contributed by atoms with van der Waals surface area (Å²) < 4.78 is 5.15. The van der Waals surface area contributed by atoms with Crippen LogP contribution in [0.1, 0.15) is 31.3 Å². The molecule has 0 bridgehead atoms. The van der Waals surface area contributed by atoms with Crippen molar-refractivity contribution in [3.05, 3.63) is 35.8 Å². The molecule has 18 heavy (non-hydrogen) atoms. The van der Waals surface area contributed by atoms with Gasteiger partial charge in [0.25, 0.3) is 0 Å². The second-order valence-electron chi connectivity index (χ2n) is 4.54. The molecule has 0 radical (unpaired) electrons. The minimum absolute atomic E-state index is 0.363. The van der Waals surface area contributed by atoms with E-state index in [-0.39, 0.29) is 0 Å². The maximum Gasteiger partial charge on any atom is 0.118 e. The molecule has 2 aromatic rings. The molecule has 0 aliphatic rings. The average molecular weight is 245 g/mol. The third-order valence-electron chi connectivity index (χ3n) is 2.91. The smallest absolute Gasteiger partial charge is 0.118 e. The van der Waals surface area contributed by atoms with Gasteiger partial charge in [-0.2, -0.15) is 0 Å². The fourth-order valence-corrected chi connectivity index (χ4v) is 1.84. The fourth-order valence-electron chi connectivity index (χ4n) is 1.84. The Kier molecular flexibility index (Phi) is 3.67. The van der Waals surface area contributed by atoms with Gasteiger partial charge in [-0.25, -0.2) is 4.98 Å². The first-order valence-corrected chi connectivity index (χ1v) is 6.09. The number of hydrogen-bond donors (Lipinski definition) is 2. The zero-order chi connectivity index (χ0) is 13.1. The molecular weight excluding hydrogens is 226 g/mol. The predicted molar refractivity (Wildman–Crippen MR) is 72.6 cm³/mol. The van der Waals surface area contributed by atoms with Gasteiger partial charge in [-0.3, -0.25) is 0 Å². The number of nitrogens with two attached hydrogens (primary N) is 1. The number of H-pyrrole nitrogens is 1. The fraction of sp³-hybridized carbons (Fsp3) is 0.357. The van der Waals surface area contributed by atoms with E-state index in [1.807, 2.05) is 24.3 Å². The SMILES string of the molecule is COc1ccc(-c2nc(C(C)C)[nH]c2CN)cc1. The number of benzene rings is 1. The molecule has 0 unspecified atom stereocenters. The highest BCUT2D eigenvalue weighted by molar-refractivity contribution is 5.63. The van der Waals surface area contributed by atoms with Gasteiger partial charge in [-0.1, -0.05) is 13.8 Å². The van der Waals surface area contributed by atoms with E-state index in [9.17, 15) is 0 Å². The molecule has 0 aliphatic carbocycles. The molecule has 0 saturated heterocycles. The highest BCUT2D eigenvalue weighted by Gasteiger charge is 2.13. The number of aromatic nitrogens is 2. The Morgan fingerprint density at radius 1 is 1.28 bits per heavy atom. The van der Waals surface area contributed by atoms with Crippen molar-refractivity contribution in [2.24, 2.45) is 5.73 Å². The second-order valence-corrected chi connectivity index (χ2v) is 4.54. The van der Waals surface area contributed by atoms with E-state index < -0.39 is 0 Å². The van der Waals surface area contributed by atoms with E-state index >= 15 is 0 Å². The lowest BCUT2D eigenvalue weighted by molar-refractivity contribution is 0.415. The minimum Gasteiger partial charge on any atom is -0.497 e. The van der Waals surface area contributed by atoms with Crippen molar-refractivity contribution in [1.82, 2.24) is 9.97 Å². The summed E-state index contributed by atoms with van der Waals surface area (Å²) in [7, 11) is 1.66. The molecule has 1 aromatic carbocycles. The minimum atomic E-state index is 0.363. The van der Waals surface area contributed by atoms with Gasteiger partial charge in [0.1, 0.15) is 11.6 Å². The topological polar surface area (TPSA) is 63.9 Å². The molecule has 1 heterocycles. The summed E-state index contributed by atoms with van der Waals surface area (Å²) in [5.74, 6) is 2.18. The van der Waals surface area contributed by atoms with Crippen LogP contribution < -0.4 is 10.5 Å². The molecule has 1 aromatic heterocycles. The van der Waals surface area contributed by atoms with Crippen LogP contribution in [0.2, 0.25) is 0 Å². The number of imidazole rings is 1. The predicted octanol–water partition coefficient (Wildman–Crippen LogP) is 2.67. The molecule has 0 amide bonds. The molecule has 0 fully saturated rings. The van der Waals surface area contributed by atoms with Crippen LogP contribution in [0.25, 0.3) is 11.3 Å². The van der Waals surface area contributed by atoms with Crippen LogP contribution >= 0.6 is 0 Å². The van der Waals surface area contributed by atoms with E-state index in [1.54, 1.807) is 7.11 Å². The summed E-state index contributed by atoms with van der Waals surface area (Å²) in [6.07, 6.45) is 0. The van der Waals surface area contributed by atoms with Crippen molar-refractivity contribution in [1.29, 1.82) is 0 Å². The summed E-state index contributed by atoms with van der Waals surface area (Å²) in [6, 6.07) is 7.86. The van der Waals surface area contributed by atoms with Crippen molar-refractivity contribution in [2.75, 3.05) is 7.11 Å². The Morgan fingerprint density at radius 2 is 1.94 bits per heavy atom. The molecule has 3 N–H and O–H groups in total. The van der Waals surface area contributed by atoms with Gasteiger partial charge in [-0.05, 0) is 24.3 Å². The molecule has 0 aliphatic heterocycles. The summed E-state index contributed by atoms with van der Waals surface area (Å²) >= 11 is 0. The summed E-state index contributed by atoms with van der Waals surface area (Å²) in [5, 5.41) is 0. The van der Waals surface area contributed by atoms with Crippen LogP contribution in [0, 0.1) is 0 Å². The van der Waals surface area contributed by atoms with Gasteiger partial charge < -0.3 is 15.5 Å². The monoisotopic (exact) mass is 245 g/mol. The Morgan fingerprint density at radius 3 is 2.44 bits per heavy atom. The number of hydrogen-bond acceptors (Lipinski definition) is 3. The maximum absolute atomic E-state index is 5.76. The lowest BCUT2D eigenvalue weighted by Crippen LogP contribution is -1.99. The number of aromatic amines is 1.